The van der Waals surface area contributed by atoms with Crippen LogP contribution in [-0.4, -0.2) is 3.92 Å². The van der Waals surface area contributed by atoms with Crippen LogP contribution in [0.15, 0.2) is 0 Å². The molecule has 0 aliphatic carbocycles. The molecule has 0 aliphatic rings. The number of hydrogen-bond donors (Lipinski definition) is 0. The topological polar surface area (TPSA) is 0 Å². The summed E-state index contributed by atoms with van der Waals surface area (Å²) >= 11 is 2.80. The van der Waals surface area contributed by atoms with Gasteiger partial charge in [0.05, 0.1) is 0 Å². The van der Waals surface area contributed by atoms with Crippen LogP contribution in [0.5, 0.6) is 0 Å². The summed E-state index contributed by atoms with van der Waals surface area (Å²) in [5.74, 6) is 0.996. The molecule has 0 bridgehead atoms. The fourth-order valence-corrected chi connectivity index (χ4v) is 5.20. The van der Waals surface area contributed by atoms with Crippen molar-refractivity contribution in [1.82, 2.24) is 0 Å². The van der Waals surface area contributed by atoms with Crippen LogP contribution in [0.1, 0.15) is 149 Å². The van der Waals surface area contributed by atoms with Crippen molar-refractivity contribution in [3.05, 3.63) is 0 Å². The van der Waals surface area contributed by atoms with Gasteiger partial charge in [0, 0.05) is 3.92 Å². The van der Waals surface area contributed by atoms with Crippen molar-refractivity contribution in [2.45, 2.75) is 153 Å². The van der Waals surface area contributed by atoms with Gasteiger partial charge in [0.15, 0.2) is 0 Å². The van der Waals surface area contributed by atoms with E-state index >= 15 is 0 Å². The van der Waals surface area contributed by atoms with Crippen molar-refractivity contribution in [2.75, 3.05) is 0 Å². The van der Waals surface area contributed by atoms with Gasteiger partial charge in [-0.1, -0.05) is 153 Å². The fourth-order valence-electron chi connectivity index (χ4n) is 4.04. The van der Waals surface area contributed by atoms with E-state index in [-0.39, 0.29) is 0 Å². The summed E-state index contributed by atoms with van der Waals surface area (Å²) in [4.78, 5) is 0. The molecule has 0 saturated carbocycles. The Morgan fingerprint density at radius 2 is 0.769 bits per heavy atom. The van der Waals surface area contributed by atoms with Crippen molar-refractivity contribution in [1.29, 1.82) is 0 Å². The van der Waals surface area contributed by atoms with E-state index in [1.54, 1.807) is 0 Å². The van der Waals surface area contributed by atoms with Crippen molar-refractivity contribution in [2.24, 2.45) is 5.92 Å². The van der Waals surface area contributed by atoms with Crippen LogP contribution in [0, 0.1) is 5.92 Å². The average Bonchev–Trinajstić information content (AvgIpc) is 2.65. The molecule has 0 N–H and O–H groups in total. The molecule has 0 heterocycles. The molecule has 0 aromatic rings. The first-order chi connectivity index (χ1) is 12.8. The zero-order chi connectivity index (χ0) is 19.3. The predicted octanol–water partition coefficient (Wildman–Crippen LogP) is 10.3. The van der Waals surface area contributed by atoms with E-state index in [0.29, 0.717) is 0 Å². The number of unbranched alkanes of at least 4 members (excludes halogenated alkanes) is 14. The third-order valence-electron chi connectivity index (χ3n) is 5.95. The second-order valence-corrected chi connectivity index (χ2v) is 10.2. The summed E-state index contributed by atoms with van der Waals surface area (Å²) < 4.78 is 0.930. The van der Waals surface area contributed by atoms with Gasteiger partial charge in [0.1, 0.15) is 0 Å². The third-order valence-corrected chi connectivity index (χ3v) is 7.59. The van der Waals surface area contributed by atoms with Gasteiger partial charge in [-0.2, -0.15) is 0 Å². The first kappa shape index (κ1) is 26.7. The third kappa shape index (κ3) is 18.1. The van der Waals surface area contributed by atoms with Gasteiger partial charge in [-0.15, -0.1) is 0 Å². The van der Waals surface area contributed by atoms with Crippen molar-refractivity contribution >= 4 is 22.6 Å². The molecule has 0 radical (unpaired) electrons. The van der Waals surface area contributed by atoms with Crippen LogP contribution < -0.4 is 0 Å². The molecule has 0 aromatic heterocycles. The van der Waals surface area contributed by atoms with E-state index < -0.39 is 0 Å². The summed E-state index contributed by atoms with van der Waals surface area (Å²) in [7, 11) is 0. The minimum absolute atomic E-state index is 0.930. The average molecular weight is 479 g/mol. The van der Waals surface area contributed by atoms with Crippen LogP contribution in [-0.2, 0) is 0 Å². The van der Waals surface area contributed by atoms with E-state index in [9.17, 15) is 0 Å². The first-order valence-corrected chi connectivity index (χ1v) is 13.6. The summed E-state index contributed by atoms with van der Waals surface area (Å²) in [6, 6.07) is 0. The lowest BCUT2D eigenvalue weighted by Gasteiger charge is -2.23. The van der Waals surface area contributed by atoms with Crippen LogP contribution in [0.3, 0.4) is 0 Å². The maximum atomic E-state index is 2.80. The van der Waals surface area contributed by atoms with Crippen LogP contribution >= 0.6 is 22.6 Å². The summed E-state index contributed by atoms with van der Waals surface area (Å²) in [6.45, 7) is 6.97. The van der Waals surface area contributed by atoms with E-state index in [2.05, 4.69) is 43.4 Å². The second-order valence-electron chi connectivity index (χ2n) is 8.59. The van der Waals surface area contributed by atoms with E-state index in [1.807, 2.05) is 0 Å². The maximum Gasteiger partial charge on any atom is 0.0138 e. The molecule has 0 aromatic carbocycles. The Bertz CT molecular complexity index is 251. The van der Waals surface area contributed by atoms with Crippen LogP contribution in [0.25, 0.3) is 0 Å². The smallest absolute Gasteiger partial charge is 0.0138 e. The van der Waals surface area contributed by atoms with Crippen molar-refractivity contribution in [3.8, 4) is 0 Å². The SMILES string of the molecule is CCCCCCCCCCC(CCCC)C(I)CCCCCCCCC. The fraction of sp³-hybridized carbons (Fsp3) is 1.00. The van der Waals surface area contributed by atoms with E-state index in [4.69, 9.17) is 0 Å². The molecular formula is C25H51I. The molecule has 2 atom stereocenters. The summed E-state index contributed by atoms with van der Waals surface area (Å²) in [5, 5.41) is 0. The van der Waals surface area contributed by atoms with Gasteiger partial charge < -0.3 is 0 Å². The van der Waals surface area contributed by atoms with Gasteiger partial charge >= 0.3 is 0 Å². The number of rotatable bonds is 21. The molecule has 1 heteroatoms. The largest absolute Gasteiger partial charge is 0.0823 e. The molecule has 2 unspecified atom stereocenters. The zero-order valence-electron chi connectivity index (χ0n) is 18.7. The molecule has 0 amide bonds. The highest BCUT2D eigenvalue weighted by atomic mass is 127. The number of alkyl halides is 1. The van der Waals surface area contributed by atoms with Crippen LogP contribution in [0.2, 0.25) is 0 Å². The molecule has 0 spiro atoms. The second kappa shape index (κ2) is 22.0. The Hall–Kier alpha value is 0.730. The monoisotopic (exact) mass is 478 g/mol. The first-order valence-electron chi connectivity index (χ1n) is 12.4. The molecule has 0 fully saturated rings. The minimum Gasteiger partial charge on any atom is -0.0823 e. The Balaban J connectivity index is 3.77. The van der Waals surface area contributed by atoms with Gasteiger partial charge in [0.2, 0.25) is 0 Å². The van der Waals surface area contributed by atoms with E-state index in [1.165, 1.54) is 128 Å². The van der Waals surface area contributed by atoms with Gasteiger partial charge in [-0.05, 0) is 25.2 Å². The Labute approximate surface area is 181 Å². The number of hydrogen-bond acceptors (Lipinski definition) is 0. The Kier molecular flexibility index (Phi) is 22.6. The molecule has 0 rings (SSSR count). The van der Waals surface area contributed by atoms with E-state index in [0.717, 1.165) is 9.84 Å². The van der Waals surface area contributed by atoms with Gasteiger partial charge in [0.25, 0.3) is 0 Å². The molecular weight excluding hydrogens is 427 g/mol. The lowest BCUT2D eigenvalue weighted by molar-refractivity contribution is 0.389. The lowest BCUT2D eigenvalue weighted by Crippen LogP contribution is -2.14. The molecule has 158 valence electrons. The van der Waals surface area contributed by atoms with Gasteiger partial charge in [-0.3, -0.25) is 0 Å². The highest BCUT2D eigenvalue weighted by molar-refractivity contribution is 14.1. The predicted molar refractivity (Wildman–Crippen MR) is 131 cm³/mol. The Morgan fingerprint density at radius 1 is 0.423 bits per heavy atom. The highest BCUT2D eigenvalue weighted by Gasteiger charge is 2.17. The van der Waals surface area contributed by atoms with Crippen molar-refractivity contribution in [3.63, 3.8) is 0 Å². The maximum absolute atomic E-state index is 2.80. The molecule has 0 aliphatic heterocycles. The molecule has 26 heavy (non-hydrogen) atoms. The summed E-state index contributed by atoms with van der Waals surface area (Å²) in [5.41, 5.74) is 0. The quantitative estimate of drug-likeness (QED) is 0.0874. The standard InChI is InChI=1S/C25H51I/c1-4-7-10-12-14-16-17-19-22-24(21-9-6-3)25(26)23-20-18-15-13-11-8-5-2/h24-25H,4-23H2,1-3H3. The normalized spacial score (nSPS) is 13.8. The highest BCUT2D eigenvalue weighted by Crippen LogP contribution is 2.29. The summed E-state index contributed by atoms with van der Waals surface area (Å²) in [6.07, 6.45) is 29.1. The van der Waals surface area contributed by atoms with Gasteiger partial charge in [-0.25, -0.2) is 0 Å². The minimum atomic E-state index is 0.930. The van der Waals surface area contributed by atoms with Crippen LogP contribution in [0.4, 0.5) is 0 Å². The Morgan fingerprint density at radius 3 is 1.23 bits per heavy atom. The molecule has 0 saturated heterocycles. The number of halogens is 1. The molecule has 0 nitrogen and oxygen atoms in total. The zero-order valence-corrected chi connectivity index (χ0v) is 20.8. The lowest BCUT2D eigenvalue weighted by atomic mass is 9.90. The van der Waals surface area contributed by atoms with Crippen molar-refractivity contribution < 1.29 is 0 Å².